The van der Waals surface area contributed by atoms with Crippen LogP contribution in [0.3, 0.4) is 0 Å². The van der Waals surface area contributed by atoms with Crippen molar-refractivity contribution in [1.82, 2.24) is 14.7 Å². The zero-order valence-electron chi connectivity index (χ0n) is 44.3. The molecule has 15 heteroatoms. The number of carbonyl (C=O) groups is 3. The molecule has 0 amide bonds. The molecule has 3 unspecified atom stereocenters. The van der Waals surface area contributed by atoms with Crippen molar-refractivity contribution in [2.75, 3.05) is 38.6 Å². The Kier molecular flexibility index (Phi) is 17.4. The number of hydrogen-bond acceptors (Lipinski definition) is 15. The predicted molar refractivity (Wildman–Crippen MR) is 291 cm³/mol. The fourth-order valence-corrected chi connectivity index (χ4v) is 13.0. The minimum atomic E-state index is -0.815. The Morgan fingerprint density at radius 3 is 0.806 bits per heavy atom. The Balaban J connectivity index is 1.63. The van der Waals surface area contributed by atoms with E-state index in [1.54, 1.807) is 35.3 Å². The lowest BCUT2D eigenvalue weighted by atomic mass is 9.83. The smallest absolute Gasteiger partial charge is 0.323 e. The summed E-state index contributed by atoms with van der Waals surface area (Å²) in [6.07, 6.45) is 0. The number of nitrogens with zero attached hydrogens (tertiary/aromatic N) is 3. The van der Waals surface area contributed by atoms with E-state index in [2.05, 4.69) is 80.5 Å². The van der Waals surface area contributed by atoms with Crippen LogP contribution in [0.25, 0.3) is 0 Å². The summed E-state index contributed by atoms with van der Waals surface area (Å²) in [6, 6.07) is 16.1. The first-order chi connectivity index (χ1) is 33.9. The van der Waals surface area contributed by atoms with Crippen LogP contribution in [0.15, 0.2) is 54.6 Å². The van der Waals surface area contributed by atoms with Gasteiger partial charge in [-0.1, -0.05) is 117 Å². The molecule has 12 bridgehead atoms. The average molecular weight is 1040 g/mol. The summed E-state index contributed by atoms with van der Waals surface area (Å²) in [5, 5.41) is 38.3. The van der Waals surface area contributed by atoms with Crippen molar-refractivity contribution in [3.63, 3.8) is 0 Å². The summed E-state index contributed by atoms with van der Waals surface area (Å²) in [4.78, 5) is 49.1. The number of phenols is 3. The standard InChI is InChI=1S/C57H75N3O9S3/c1-55(2,3)43-16-37-22-58-24-39-18-44(56(4,5)6)20-41(50(39)62)26-60-27-42-21-45(57(7,8)9)19-40(51(42)63)25-59(23-38(17-43)49(37)61)47(53(65)68-11)32-71-29-35-13-34(28-70-31-46(58)52(64)67-10)14-36(15-35)30-72-33-48(60)54(66)69-12/h13-21,46-48,61-63H,22-33H2,1-12H3. The number of ether oxygens (including phenoxy) is 3. The molecule has 4 aliphatic heterocycles. The first-order valence-corrected chi connectivity index (χ1v) is 28.2. The summed E-state index contributed by atoms with van der Waals surface area (Å²) < 4.78 is 16.8. The van der Waals surface area contributed by atoms with E-state index in [0.29, 0.717) is 67.9 Å². The lowest BCUT2D eigenvalue weighted by molar-refractivity contribution is -0.147. The van der Waals surface area contributed by atoms with Crippen molar-refractivity contribution >= 4 is 53.2 Å². The topological polar surface area (TPSA) is 149 Å². The molecule has 3 atom stereocenters. The average Bonchev–Trinajstić information content (AvgIpc) is 3.30. The first kappa shape index (κ1) is 55.4. The van der Waals surface area contributed by atoms with Crippen LogP contribution in [0.2, 0.25) is 0 Å². The molecule has 4 aromatic rings. The summed E-state index contributed by atoms with van der Waals surface area (Å²) in [5.41, 5.74) is 8.27. The molecular weight excluding hydrogens is 967 g/mol. The number of rotatable bonds is 3. The molecule has 72 heavy (non-hydrogen) atoms. The number of carbonyl (C=O) groups excluding carboxylic acids is 3. The van der Waals surface area contributed by atoms with E-state index in [-0.39, 0.29) is 72.8 Å². The van der Waals surface area contributed by atoms with Gasteiger partial charge in [0.15, 0.2) is 0 Å². The van der Waals surface area contributed by atoms with Crippen molar-refractivity contribution in [1.29, 1.82) is 0 Å². The molecule has 4 aromatic carbocycles. The highest BCUT2D eigenvalue weighted by Gasteiger charge is 2.36. The SMILES string of the molecule is COC(=O)C1CSCc2cc3cc(c2)CSCC(C(=O)OC)N2Cc4cc(C(C)(C)C)cc(c4O)CN1Cc1cc(C(C)(C)C)cc(c1O)CN(Cc1cc(C(C)(C)C)cc(c1O)C2)C(C(=O)OC)CSC3. The molecule has 0 aromatic heterocycles. The molecule has 4 aliphatic rings. The fourth-order valence-electron chi connectivity index (χ4n) is 9.77. The van der Waals surface area contributed by atoms with Crippen molar-refractivity contribution in [2.24, 2.45) is 0 Å². The van der Waals surface area contributed by atoms with Crippen LogP contribution < -0.4 is 0 Å². The van der Waals surface area contributed by atoms with Gasteiger partial charge in [0.05, 0.1) is 21.3 Å². The lowest BCUT2D eigenvalue weighted by Crippen LogP contribution is -2.44. The van der Waals surface area contributed by atoms with Crippen LogP contribution in [-0.2, 0) is 101 Å². The number of phenolic OH excluding ortho intramolecular Hbond substituents is 3. The summed E-state index contributed by atoms with van der Waals surface area (Å²) >= 11 is 4.87. The number of aromatic hydroxyl groups is 3. The second-order valence-electron chi connectivity index (χ2n) is 22.7. The molecule has 0 fully saturated rings. The van der Waals surface area contributed by atoms with E-state index in [1.807, 2.05) is 51.1 Å². The maximum absolute atomic E-state index is 14.4. The molecule has 3 N–H and O–H groups in total. The third-order valence-electron chi connectivity index (χ3n) is 14.1. The second-order valence-corrected chi connectivity index (χ2v) is 25.8. The van der Waals surface area contributed by atoms with Gasteiger partial charge in [-0.25, -0.2) is 0 Å². The predicted octanol–water partition coefficient (Wildman–Crippen LogP) is 10.1. The van der Waals surface area contributed by atoms with E-state index >= 15 is 0 Å². The Morgan fingerprint density at radius 2 is 0.625 bits per heavy atom. The zero-order chi connectivity index (χ0) is 52.4. The third-order valence-corrected chi connectivity index (χ3v) is 17.4. The van der Waals surface area contributed by atoms with E-state index in [1.165, 1.54) is 21.3 Å². The minimum Gasteiger partial charge on any atom is -0.507 e. The van der Waals surface area contributed by atoms with Gasteiger partial charge in [0.2, 0.25) is 0 Å². The molecule has 0 radical (unpaired) electrons. The highest BCUT2D eigenvalue weighted by Crippen LogP contribution is 2.41. The Hall–Kier alpha value is -4.38. The Morgan fingerprint density at radius 1 is 0.417 bits per heavy atom. The van der Waals surface area contributed by atoms with Gasteiger partial charge in [0.25, 0.3) is 0 Å². The van der Waals surface area contributed by atoms with Gasteiger partial charge in [-0.2, -0.15) is 35.3 Å². The van der Waals surface area contributed by atoms with Gasteiger partial charge >= 0.3 is 17.9 Å². The Labute approximate surface area is 439 Å². The van der Waals surface area contributed by atoms with Crippen LogP contribution >= 0.6 is 35.3 Å². The highest BCUT2D eigenvalue weighted by atomic mass is 32.2. The minimum absolute atomic E-state index is 0.0220. The number of thioether (sulfide) groups is 3. The monoisotopic (exact) mass is 1040 g/mol. The molecule has 0 saturated carbocycles. The maximum Gasteiger partial charge on any atom is 0.323 e. The van der Waals surface area contributed by atoms with Crippen LogP contribution in [0, 0.1) is 0 Å². The molecule has 0 saturated heterocycles. The molecule has 390 valence electrons. The van der Waals surface area contributed by atoms with Gasteiger partial charge in [-0.3, -0.25) is 29.1 Å². The molecule has 0 spiro atoms. The number of hydrogen-bond donors (Lipinski definition) is 3. The van der Waals surface area contributed by atoms with Gasteiger partial charge in [0, 0.05) is 107 Å². The van der Waals surface area contributed by atoms with Crippen LogP contribution in [0.4, 0.5) is 0 Å². The van der Waals surface area contributed by atoms with Crippen molar-refractivity contribution in [2.45, 2.75) is 153 Å². The van der Waals surface area contributed by atoms with Gasteiger partial charge in [-0.15, -0.1) is 0 Å². The van der Waals surface area contributed by atoms with Gasteiger partial charge < -0.3 is 29.5 Å². The van der Waals surface area contributed by atoms with Gasteiger partial charge in [-0.05, 0) is 49.6 Å². The zero-order valence-corrected chi connectivity index (χ0v) is 46.7. The van der Waals surface area contributed by atoms with Gasteiger partial charge in [0.1, 0.15) is 35.4 Å². The van der Waals surface area contributed by atoms with Crippen molar-refractivity contribution in [3.8, 4) is 17.2 Å². The number of fused-ring (bicyclic) bond motifs is 9. The lowest BCUT2D eigenvalue weighted by Gasteiger charge is -2.35. The largest absolute Gasteiger partial charge is 0.507 e. The first-order valence-electron chi connectivity index (χ1n) is 24.7. The molecule has 0 aliphatic carbocycles. The Bertz CT molecular complexity index is 2280. The molecule has 8 rings (SSSR count). The van der Waals surface area contributed by atoms with Crippen LogP contribution in [-0.4, -0.2) is 105 Å². The fraction of sp³-hybridized carbons (Fsp3) is 0.526. The number of methoxy groups -OCH3 is 3. The molecular formula is C57H75N3O9S3. The molecule has 4 heterocycles. The number of benzene rings is 4. The van der Waals surface area contributed by atoms with Crippen LogP contribution in [0.1, 0.15) is 129 Å². The van der Waals surface area contributed by atoms with Crippen molar-refractivity contribution < 1.29 is 43.9 Å². The normalized spacial score (nSPS) is 22.5. The maximum atomic E-state index is 14.4. The van der Waals surface area contributed by atoms with E-state index < -0.39 is 36.0 Å². The molecule has 12 nitrogen and oxygen atoms in total. The van der Waals surface area contributed by atoms with E-state index in [4.69, 9.17) is 14.2 Å². The summed E-state index contributed by atoms with van der Waals surface area (Å²) in [6.45, 7) is 19.6. The van der Waals surface area contributed by atoms with Crippen LogP contribution in [0.5, 0.6) is 17.2 Å². The van der Waals surface area contributed by atoms with E-state index in [9.17, 15) is 29.7 Å². The third kappa shape index (κ3) is 12.9. The quantitative estimate of drug-likeness (QED) is 0.132. The summed E-state index contributed by atoms with van der Waals surface area (Å²) in [5.74, 6) is 1.55. The summed E-state index contributed by atoms with van der Waals surface area (Å²) in [7, 11) is 4.19. The second kappa shape index (κ2) is 22.6. The van der Waals surface area contributed by atoms with E-state index in [0.717, 1.165) is 33.4 Å². The van der Waals surface area contributed by atoms with Crippen molar-refractivity contribution in [3.05, 3.63) is 121 Å². The number of esters is 3. The highest BCUT2D eigenvalue weighted by molar-refractivity contribution is 7.99.